The van der Waals surface area contributed by atoms with Crippen molar-refractivity contribution in [1.82, 2.24) is 14.7 Å². The van der Waals surface area contributed by atoms with E-state index in [1.54, 1.807) is 24.3 Å². The van der Waals surface area contributed by atoms with Crippen LogP contribution in [0.25, 0.3) is 5.65 Å². The molecule has 2 aromatic heterocycles. The minimum absolute atomic E-state index is 0.0922. The quantitative estimate of drug-likeness (QED) is 0.356. The van der Waals surface area contributed by atoms with Gasteiger partial charge in [0.05, 0.1) is 11.3 Å². The van der Waals surface area contributed by atoms with Crippen molar-refractivity contribution in [3.63, 3.8) is 0 Å². The number of aromatic nitrogens is 2. The van der Waals surface area contributed by atoms with Crippen molar-refractivity contribution in [1.29, 1.82) is 0 Å². The van der Waals surface area contributed by atoms with E-state index in [2.05, 4.69) is 10.3 Å². The average molecular weight is 499 g/mol. The molecule has 0 radical (unpaired) electrons. The van der Waals surface area contributed by atoms with Gasteiger partial charge < -0.3 is 24.3 Å². The number of fused-ring (bicyclic) bond motifs is 1. The van der Waals surface area contributed by atoms with E-state index in [1.165, 1.54) is 12.1 Å². The second kappa shape index (κ2) is 10.7. The van der Waals surface area contributed by atoms with Gasteiger partial charge in [-0.1, -0.05) is 6.07 Å². The zero-order valence-corrected chi connectivity index (χ0v) is 19.3. The lowest BCUT2D eigenvalue weighted by Crippen LogP contribution is -2.35. The first-order chi connectivity index (χ1) is 17.2. The summed E-state index contributed by atoms with van der Waals surface area (Å²) >= 11 is 0. The molecule has 1 amide bonds. The van der Waals surface area contributed by atoms with E-state index in [9.17, 15) is 23.1 Å². The van der Waals surface area contributed by atoms with Crippen LogP contribution in [0.3, 0.4) is 0 Å². The molecule has 1 atom stereocenters. The van der Waals surface area contributed by atoms with Crippen molar-refractivity contribution in [2.24, 2.45) is 0 Å². The molecule has 0 fully saturated rings. The van der Waals surface area contributed by atoms with Crippen molar-refractivity contribution >= 4 is 11.6 Å². The number of hydrogen-bond donors (Lipinski definition) is 2. The SMILES string of the molecule is Cc1cccn2cc(COc3ccc(C(=O)NCC(O)COc4ccc(C(F)(F)F)cc4)cc3)nc12. The van der Waals surface area contributed by atoms with Gasteiger partial charge in [-0.25, -0.2) is 4.98 Å². The van der Waals surface area contributed by atoms with E-state index in [0.29, 0.717) is 11.3 Å². The number of aryl methyl sites for hydroxylation is 1. The second-order valence-electron chi connectivity index (χ2n) is 8.16. The Hall–Kier alpha value is -4.05. The Morgan fingerprint density at radius 3 is 2.39 bits per heavy atom. The fourth-order valence-electron chi connectivity index (χ4n) is 3.44. The summed E-state index contributed by atoms with van der Waals surface area (Å²) < 4.78 is 50.8. The van der Waals surface area contributed by atoms with Crippen LogP contribution in [0.1, 0.15) is 27.2 Å². The van der Waals surface area contributed by atoms with Crippen LogP contribution in [0, 0.1) is 6.92 Å². The molecule has 0 spiro atoms. The number of benzene rings is 2. The van der Waals surface area contributed by atoms with E-state index in [-0.39, 0.29) is 25.5 Å². The van der Waals surface area contributed by atoms with Crippen molar-refractivity contribution in [3.8, 4) is 11.5 Å². The van der Waals surface area contributed by atoms with Crippen LogP contribution in [0.2, 0.25) is 0 Å². The molecular formula is C26H24F3N3O4. The summed E-state index contributed by atoms with van der Waals surface area (Å²) in [6.07, 6.45) is -1.66. The highest BCUT2D eigenvalue weighted by molar-refractivity contribution is 5.94. The topological polar surface area (TPSA) is 85.1 Å². The number of halogens is 3. The van der Waals surface area contributed by atoms with E-state index < -0.39 is 23.8 Å². The van der Waals surface area contributed by atoms with Crippen LogP contribution in [0.4, 0.5) is 13.2 Å². The lowest BCUT2D eigenvalue weighted by Gasteiger charge is -2.14. The molecule has 1 unspecified atom stereocenters. The Kier molecular flexibility index (Phi) is 7.44. The lowest BCUT2D eigenvalue weighted by molar-refractivity contribution is -0.137. The van der Waals surface area contributed by atoms with Crippen molar-refractivity contribution in [2.45, 2.75) is 25.8 Å². The number of imidazole rings is 1. The van der Waals surface area contributed by atoms with E-state index in [4.69, 9.17) is 9.47 Å². The van der Waals surface area contributed by atoms with E-state index in [0.717, 1.165) is 29.0 Å². The van der Waals surface area contributed by atoms with E-state index in [1.807, 2.05) is 35.9 Å². The van der Waals surface area contributed by atoms with E-state index >= 15 is 0 Å². The normalized spacial score (nSPS) is 12.4. The first-order valence-corrected chi connectivity index (χ1v) is 11.1. The summed E-state index contributed by atoms with van der Waals surface area (Å²) in [7, 11) is 0. The standard InChI is InChI=1S/C26H24F3N3O4/c1-17-3-2-12-32-14-20(31-24(17)32)15-35-22-8-4-18(5-9-22)25(34)30-13-21(33)16-36-23-10-6-19(7-11-23)26(27,28)29/h2-12,14,21,33H,13,15-16H2,1H3,(H,30,34). The van der Waals surface area contributed by atoms with Gasteiger partial charge in [0.15, 0.2) is 0 Å². The third-order valence-corrected chi connectivity index (χ3v) is 5.35. The van der Waals surface area contributed by atoms with Crippen molar-refractivity contribution in [2.75, 3.05) is 13.2 Å². The Labute approximate surface area is 205 Å². The maximum absolute atomic E-state index is 12.6. The van der Waals surface area contributed by atoms with Gasteiger partial charge in [-0.2, -0.15) is 13.2 Å². The molecule has 0 saturated carbocycles. The van der Waals surface area contributed by atoms with Gasteiger partial charge in [0.25, 0.3) is 5.91 Å². The van der Waals surface area contributed by atoms with Gasteiger partial charge in [-0.05, 0) is 67.1 Å². The molecule has 2 heterocycles. The first-order valence-electron chi connectivity index (χ1n) is 11.1. The maximum Gasteiger partial charge on any atom is 0.416 e. The molecular weight excluding hydrogens is 475 g/mol. The minimum atomic E-state index is -4.43. The fourth-order valence-corrected chi connectivity index (χ4v) is 3.44. The molecule has 10 heteroatoms. The van der Waals surface area contributed by atoms with Crippen LogP contribution in [-0.4, -0.2) is 39.7 Å². The number of alkyl halides is 3. The Morgan fingerprint density at radius 2 is 1.72 bits per heavy atom. The number of ether oxygens (including phenoxy) is 2. The zero-order valence-electron chi connectivity index (χ0n) is 19.3. The summed E-state index contributed by atoms with van der Waals surface area (Å²) in [6.45, 7) is 1.98. The number of carbonyl (C=O) groups is 1. The van der Waals surface area contributed by atoms with Gasteiger partial charge in [0.2, 0.25) is 0 Å². The number of rotatable bonds is 9. The van der Waals surface area contributed by atoms with Gasteiger partial charge in [-0.15, -0.1) is 0 Å². The second-order valence-corrected chi connectivity index (χ2v) is 8.16. The van der Waals surface area contributed by atoms with Crippen LogP contribution in [0.5, 0.6) is 11.5 Å². The van der Waals surface area contributed by atoms with Gasteiger partial charge in [0, 0.05) is 24.5 Å². The summed E-state index contributed by atoms with van der Waals surface area (Å²) in [5, 5.41) is 12.6. The van der Waals surface area contributed by atoms with Crippen molar-refractivity contribution < 1.29 is 32.5 Å². The Balaban J connectivity index is 1.21. The fraction of sp³-hybridized carbons (Fsp3) is 0.231. The first kappa shape index (κ1) is 25.1. The Morgan fingerprint density at radius 1 is 1.06 bits per heavy atom. The summed E-state index contributed by atoms with van der Waals surface area (Å²) in [5.41, 5.74) is 2.30. The van der Waals surface area contributed by atoms with Gasteiger partial charge in [0.1, 0.15) is 36.5 Å². The number of nitrogens with one attached hydrogen (secondary N) is 1. The molecule has 2 N–H and O–H groups in total. The third kappa shape index (κ3) is 6.33. The molecule has 0 bridgehead atoms. The molecule has 188 valence electrons. The van der Waals surface area contributed by atoms with Crippen molar-refractivity contribution in [3.05, 3.63) is 95.4 Å². The van der Waals surface area contributed by atoms with Gasteiger partial charge >= 0.3 is 6.18 Å². The minimum Gasteiger partial charge on any atom is -0.491 e. The maximum atomic E-state index is 12.6. The predicted octanol–water partition coefficient (Wildman–Crippen LogP) is 4.41. The molecule has 2 aromatic carbocycles. The average Bonchev–Trinajstić information content (AvgIpc) is 3.29. The number of hydrogen-bond acceptors (Lipinski definition) is 5. The van der Waals surface area contributed by atoms with Crippen LogP contribution < -0.4 is 14.8 Å². The smallest absolute Gasteiger partial charge is 0.416 e. The highest BCUT2D eigenvalue weighted by Crippen LogP contribution is 2.30. The third-order valence-electron chi connectivity index (χ3n) is 5.35. The number of nitrogens with zero attached hydrogens (tertiary/aromatic N) is 2. The van der Waals surface area contributed by atoms with Crippen LogP contribution in [0.15, 0.2) is 73.1 Å². The molecule has 0 aliphatic rings. The zero-order chi connectivity index (χ0) is 25.7. The Bertz CT molecular complexity index is 1320. The van der Waals surface area contributed by atoms with Gasteiger partial charge in [-0.3, -0.25) is 4.79 Å². The highest BCUT2D eigenvalue weighted by atomic mass is 19.4. The number of aliphatic hydroxyl groups excluding tert-OH is 1. The molecule has 4 rings (SSSR count). The number of amides is 1. The molecule has 0 aliphatic heterocycles. The molecule has 7 nitrogen and oxygen atoms in total. The largest absolute Gasteiger partial charge is 0.491 e. The molecule has 0 saturated heterocycles. The lowest BCUT2D eigenvalue weighted by atomic mass is 10.2. The predicted molar refractivity (Wildman–Crippen MR) is 126 cm³/mol. The monoisotopic (exact) mass is 499 g/mol. The highest BCUT2D eigenvalue weighted by Gasteiger charge is 2.30. The summed E-state index contributed by atoms with van der Waals surface area (Å²) in [4.78, 5) is 16.9. The number of aliphatic hydroxyl groups is 1. The van der Waals surface area contributed by atoms with Crippen LogP contribution in [-0.2, 0) is 12.8 Å². The summed E-state index contributed by atoms with van der Waals surface area (Å²) in [6, 6.07) is 14.6. The number of carbonyl (C=O) groups excluding carboxylic acids is 1. The molecule has 36 heavy (non-hydrogen) atoms. The van der Waals surface area contributed by atoms with Crippen LogP contribution >= 0.6 is 0 Å². The molecule has 0 aliphatic carbocycles. The number of pyridine rings is 1. The molecule has 4 aromatic rings. The summed E-state index contributed by atoms with van der Waals surface area (Å²) in [5.74, 6) is 0.360.